The number of amides is 1. The standard InChI is InChI=1S/C5H10FNO2/c1-7(2)5(8)9-4-3-6/h3-4H2,1-2H3. The molecular formula is C5H10FNO2. The fourth-order valence-electron chi connectivity index (χ4n) is 0.255. The molecule has 0 aliphatic carbocycles. The molecule has 1 amide bonds. The second kappa shape index (κ2) is 4.12. The number of hydrogen-bond donors (Lipinski definition) is 0. The van der Waals surface area contributed by atoms with Crippen molar-refractivity contribution < 1.29 is 13.9 Å². The third kappa shape index (κ3) is 3.76. The van der Waals surface area contributed by atoms with Crippen LogP contribution in [0, 0.1) is 0 Å². The second-order valence-electron chi connectivity index (χ2n) is 1.70. The molecule has 0 atom stereocenters. The summed E-state index contributed by atoms with van der Waals surface area (Å²) in [4.78, 5) is 11.7. The van der Waals surface area contributed by atoms with Crippen molar-refractivity contribution in [3.63, 3.8) is 0 Å². The zero-order chi connectivity index (χ0) is 7.28. The maximum atomic E-state index is 11.3. The highest BCUT2D eigenvalue weighted by atomic mass is 19.1. The van der Waals surface area contributed by atoms with E-state index in [9.17, 15) is 9.18 Å². The zero-order valence-electron chi connectivity index (χ0n) is 5.56. The van der Waals surface area contributed by atoms with Crippen LogP contribution in [-0.4, -0.2) is 38.4 Å². The summed E-state index contributed by atoms with van der Waals surface area (Å²) < 4.78 is 15.7. The van der Waals surface area contributed by atoms with E-state index in [1.807, 2.05) is 0 Å². The van der Waals surface area contributed by atoms with E-state index in [-0.39, 0.29) is 6.61 Å². The van der Waals surface area contributed by atoms with E-state index < -0.39 is 12.8 Å². The Morgan fingerprint density at radius 3 is 2.56 bits per heavy atom. The summed E-state index contributed by atoms with van der Waals surface area (Å²) in [7, 11) is 3.08. The molecule has 54 valence electrons. The van der Waals surface area contributed by atoms with Gasteiger partial charge in [0.15, 0.2) is 0 Å². The molecule has 0 aromatic carbocycles. The highest BCUT2D eigenvalue weighted by Gasteiger charge is 2.01. The third-order valence-electron chi connectivity index (χ3n) is 0.668. The van der Waals surface area contributed by atoms with Crippen LogP contribution in [0.25, 0.3) is 0 Å². The minimum Gasteiger partial charge on any atom is -0.447 e. The average molecular weight is 135 g/mol. The van der Waals surface area contributed by atoms with Gasteiger partial charge in [0.25, 0.3) is 0 Å². The normalized spacial score (nSPS) is 8.78. The minimum absolute atomic E-state index is 0.156. The third-order valence-corrected chi connectivity index (χ3v) is 0.668. The lowest BCUT2D eigenvalue weighted by molar-refractivity contribution is 0.111. The van der Waals surface area contributed by atoms with Crippen molar-refractivity contribution in [1.82, 2.24) is 4.90 Å². The lowest BCUT2D eigenvalue weighted by Gasteiger charge is -2.08. The number of halogens is 1. The molecule has 0 radical (unpaired) electrons. The molecule has 0 heterocycles. The molecule has 0 aliphatic heterocycles. The quantitative estimate of drug-likeness (QED) is 0.556. The zero-order valence-corrected chi connectivity index (χ0v) is 5.56. The smallest absolute Gasteiger partial charge is 0.409 e. The van der Waals surface area contributed by atoms with Crippen LogP contribution in [-0.2, 0) is 4.74 Å². The Hall–Kier alpha value is -0.800. The van der Waals surface area contributed by atoms with Crippen molar-refractivity contribution >= 4 is 6.09 Å². The van der Waals surface area contributed by atoms with E-state index in [1.54, 1.807) is 14.1 Å². The molecule has 0 aromatic rings. The molecule has 9 heavy (non-hydrogen) atoms. The fourth-order valence-corrected chi connectivity index (χ4v) is 0.255. The van der Waals surface area contributed by atoms with Gasteiger partial charge in [0.1, 0.15) is 13.3 Å². The number of carbonyl (C=O) groups is 1. The number of alkyl halides is 1. The van der Waals surface area contributed by atoms with E-state index >= 15 is 0 Å². The number of ether oxygens (including phenoxy) is 1. The van der Waals surface area contributed by atoms with Crippen LogP contribution in [0.4, 0.5) is 9.18 Å². The molecule has 0 fully saturated rings. The van der Waals surface area contributed by atoms with Crippen LogP contribution in [0.3, 0.4) is 0 Å². The first-order chi connectivity index (χ1) is 4.18. The number of carbonyl (C=O) groups excluding carboxylic acids is 1. The van der Waals surface area contributed by atoms with E-state index in [1.165, 1.54) is 4.90 Å². The summed E-state index contributed by atoms with van der Waals surface area (Å²) in [5.41, 5.74) is 0. The van der Waals surface area contributed by atoms with Crippen molar-refractivity contribution in [3.8, 4) is 0 Å². The fraction of sp³-hybridized carbons (Fsp3) is 0.800. The van der Waals surface area contributed by atoms with Gasteiger partial charge in [-0.05, 0) is 0 Å². The van der Waals surface area contributed by atoms with Crippen molar-refractivity contribution in [2.75, 3.05) is 27.4 Å². The lowest BCUT2D eigenvalue weighted by Crippen LogP contribution is -2.23. The van der Waals surface area contributed by atoms with Crippen molar-refractivity contribution in [2.45, 2.75) is 0 Å². The van der Waals surface area contributed by atoms with Crippen LogP contribution >= 0.6 is 0 Å². The van der Waals surface area contributed by atoms with Gasteiger partial charge in [-0.1, -0.05) is 0 Å². The van der Waals surface area contributed by atoms with Crippen molar-refractivity contribution in [2.24, 2.45) is 0 Å². The topological polar surface area (TPSA) is 29.5 Å². The van der Waals surface area contributed by atoms with E-state index in [0.29, 0.717) is 0 Å². The predicted molar refractivity (Wildman–Crippen MR) is 31.0 cm³/mol. The van der Waals surface area contributed by atoms with Gasteiger partial charge in [-0.15, -0.1) is 0 Å². The van der Waals surface area contributed by atoms with Gasteiger partial charge >= 0.3 is 6.09 Å². The summed E-state index contributed by atoms with van der Waals surface area (Å²) >= 11 is 0. The van der Waals surface area contributed by atoms with E-state index in [0.717, 1.165) is 0 Å². The summed E-state index contributed by atoms with van der Waals surface area (Å²) in [5.74, 6) is 0. The monoisotopic (exact) mass is 135 g/mol. The Labute approximate surface area is 53.4 Å². The number of hydrogen-bond acceptors (Lipinski definition) is 2. The SMILES string of the molecule is CN(C)C(=O)OCCF. The Morgan fingerprint density at radius 2 is 2.22 bits per heavy atom. The average Bonchev–Trinajstić information content (AvgIpc) is 1.82. The summed E-state index contributed by atoms with van der Waals surface area (Å²) in [5, 5.41) is 0. The first-order valence-corrected chi connectivity index (χ1v) is 2.58. The summed E-state index contributed by atoms with van der Waals surface area (Å²) in [6, 6.07) is 0. The molecule has 3 nitrogen and oxygen atoms in total. The Balaban J connectivity index is 3.28. The lowest BCUT2D eigenvalue weighted by atomic mass is 10.8. The minimum atomic E-state index is -0.625. The Morgan fingerprint density at radius 1 is 1.67 bits per heavy atom. The van der Waals surface area contributed by atoms with Crippen LogP contribution in [0.2, 0.25) is 0 Å². The predicted octanol–water partition coefficient (Wildman–Crippen LogP) is 0.654. The van der Waals surface area contributed by atoms with Crippen LogP contribution in [0.5, 0.6) is 0 Å². The van der Waals surface area contributed by atoms with Gasteiger partial charge in [0.05, 0.1) is 0 Å². The molecule has 0 aromatic heterocycles. The number of nitrogens with zero attached hydrogens (tertiary/aromatic N) is 1. The molecule has 0 saturated carbocycles. The first kappa shape index (κ1) is 8.20. The molecule has 0 saturated heterocycles. The molecule has 0 spiro atoms. The van der Waals surface area contributed by atoms with Gasteiger partial charge in [0, 0.05) is 14.1 Å². The van der Waals surface area contributed by atoms with Crippen molar-refractivity contribution in [3.05, 3.63) is 0 Å². The first-order valence-electron chi connectivity index (χ1n) is 2.58. The largest absolute Gasteiger partial charge is 0.447 e. The van der Waals surface area contributed by atoms with E-state index in [4.69, 9.17) is 0 Å². The maximum absolute atomic E-state index is 11.3. The Kier molecular flexibility index (Phi) is 3.75. The van der Waals surface area contributed by atoms with E-state index in [2.05, 4.69) is 4.74 Å². The molecule has 0 aliphatic rings. The van der Waals surface area contributed by atoms with Crippen LogP contribution < -0.4 is 0 Å². The van der Waals surface area contributed by atoms with Gasteiger partial charge in [-0.2, -0.15) is 0 Å². The number of rotatable bonds is 2. The molecular weight excluding hydrogens is 125 g/mol. The van der Waals surface area contributed by atoms with Crippen molar-refractivity contribution in [1.29, 1.82) is 0 Å². The highest BCUT2D eigenvalue weighted by Crippen LogP contribution is 1.84. The van der Waals surface area contributed by atoms with Gasteiger partial charge in [-0.25, -0.2) is 9.18 Å². The van der Waals surface area contributed by atoms with Gasteiger partial charge in [0.2, 0.25) is 0 Å². The molecule has 0 unspecified atom stereocenters. The second-order valence-corrected chi connectivity index (χ2v) is 1.70. The summed E-state index contributed by atoms with van der Waals surface area (Å²) in [6.07, 6.45) is -0.507. The molecule has 0 bridgehead atoms. The van der Waals surface area contributed by atoms with Crippen LogP contribution in [0.15, 0.2) is 0 Å². The molecule has 0 rings (SSSR count). The molecule has 0 N–H and O–H groups in total. The van der Waals surface area contributed by atoms with Gasteiger partial charge in [-0.3, -0.25) is 0 Å². The molecule has 4 heteroatoms. The van der Waals surface area contributed by atoms with Gasteiger partial charge < -0.3 is 9.64 Å². The summed E-state index contributed by atoms with van der Waals surface area (Å²) in [6.45, 7) is -0.781. The maximum Gasteiger partial charge on any atom is 0.409 e. The van der Waals surface area contributed by atoms with Crippen LogP contribution in [0.1, 0.15) is 0 Å². The highest BCUT2D eigenvalue weighted by molar-refractivity contribution is 5.66. The Bertz CT molecular complexity index is 95.0.